The Bertz CT molecular complexity index is 346. The Balaban J connectivity index is 2.50. The number of aromatic nitrogens is 3. The Hall–Kier alpha value is -1.43. The topological polar surface area (TPSA) is 80.0 Å². The molecular weight excluding hydrogens is 220 g/mol. The van der Waals surface area contributed by atoms with Crippen molar-refractivity contribution >= 4 is 5.91 Å². The maximum Gasteiger partial charge on any atom is 0.244 e. The van der Waals surface area contributed by atoms with Crippen LogP contribution in [0.3, 0.4) is 0 Å². The minimum absolute atomic E-state index is 0.171. The minimum atomic E-state index is -0.822. The predicted octanol–water partition coefficient (Wildman–Crippen LogP) is 0.506. The zero-order valence-corrected chi connectivity index (χ0v) is 10.6. The number of carbonyl (C=O) groups is 1. The molecule has 1 atom stereocenters. The van der Waals surface area contributed by atoms with E-state index in [0.717, 1.165) is 0 Å². The quantitative estimate of drug-likeness (QED) is 0.759. The van der Waals surface area contributed by atoms with Crippen molar-refractivity contribution in [3.8, 4) is 0 Å². The van der Waals surface area contributed by atoms with E-state index >= 15 is 0 Å². The highest BCUT2D eigenvalue weighted by molar-refractivity contribution is 5.79. The van der Waals surface area contributed by atoms with Gasteiger partial charge in [-0.3, -0.25) is 4.79 Å². The van der Waals surface area contributed by atoms with Crippen molar-refractivity contribution in [2.75, 3.05) is 6.54 Å². The molecular formula is C11H20N4O2. The fourth-order valence-electron chi connectivity index (χ4n) is 1.44. The number of carbonyl (C=O) groups excluding carboxylic acids is 1. The SMILES string of the molecule is CCC(O)(CC)CNC(=O)C(C)n1cncn1. The van der Waals surface area contributed by atoms with Crippen LogP contribution in [-0.4, -0.2) is 37.9 Å². The smallest absolute Gasteiger partial charge is 0.244 e. The number of hydrogen-bond donors (Lipinski definition) is 2. The number of nitrogens with zero attached hydrogens (tertiary/aromatic N) is 3. The second-order valence-electron chi connectivity index (χ2n) is 4.20. The van der Waals surface area contributed by atoms with Crippen molar-refractivity contribution in [1.82, 2.24) is 20.1 Å². The van der Waals surface area contributed by atoms with Crippen molar-refractivity contribution in [2.24, 2.45) is 0 Å². The Morgan fingerprint density at radius 1 is 1.53 bits per heavy atom. The average Bonchev–Trinajstić information content (AvgIpc) is 2.88. The third-order valence-corrected chi connectivity index (χ3v) is 3.12. The second kappa shape index (κ2) is 5.77. The van der Waals surface area contributed by atoms with Gasteiger partial charge in [-0.1, -0.05) is 13.8 Å². The number of amides is 1. The molecule has 17 heavy (non-hydrogen) atoms. The van der Waals surface area contributed by atoms with Gasteiger partial charge < -0.3 is 10.4 Å². The van der Waals surface area contributed by atoms with Crippen molar-refractivity contribution in [3.05, 3.63) is 12.7 Å². The molecule has 0 aromatic carbocycles. The lowest BCUT2D eigenvalue weighted by atomic mass is 9.97. The summed E-state index contributed by atoms with van der Waals surface area (Å²) >= 11 is 0. The van der Waals surface area contributed by atoms with Gasteiger partial charge in [0, 0.05) is 6.54 Å². The van der Waals surface area contributed by atoms with Crippen molar-refractivity contribution in [3.63, 3.8) is 0 Å². The Kier molecular flexibility index (Phi) is 4.62. The molecule has 0 saturated carbocycles. The molecule has 1 rings (SSSR count). The van der Waals surface area contributed by atoms with Gasteiger partial charge in [0.2, 0.25) is 5.91 Å². The van der Waals surface area contributed by atoms with Crippen LogP contribution in [0.1, 0.15) is 39.7 Å². The van der Waals surface area contributed by atoms with E-state index in [1.807, 2.05) is 13.8 Å². The molecule has 1 unspecified atom stereocenters. The Labute approximate surface area is 101 Å². The van der Waals surface area contributed by atoms with E-state index in [9.17, 15) is 9.90 Å². The number of nitrogens with one attached hydrogen (secondary N) is 1. The normalized spacial score (nSPS) is 13.4. The van der Waals surface area contributed by atoms with Crippen molar-refractivity contribution in [1.29, 1.82) is 0 Å². The van der Waals surface area contributed by atoms with Crippen LogP contribution in [0.5, 0.6) is 0 Å². The van der Waals surface area contributed by atoms with Gasteiger partial charge >= 0.3 is 0 Å². The molecule has 1 amide bonds. The first-order valence-electron chi connectivity index (χ1n) is 5.86. The van der Waals surface area contributed by atoms with Crippen LogP contribution < -0.4 is 5.32 Å². The molecule has 1 aromatic heterocycles. The molecule has 0 radical (unpaired) electrons. The van der Waals surface area contributed by atoms with Gasteiger partial charge in [0.15, 0.2) is 0 Å². The average molecular weight is 240 g/mol. The second-order valence-corrected chi connectivity index (χ2v) is 4.20. The van der Waals surface area contributed by atoms with Gasteiger partial charge in [0.25, 0.3) is 0 Å². The van der Waals surface area contributed by atoms with Gasteiger partial charge in [0.05, 0.1) is 5.60 Å². The molecule has 0 fully saturated rings. The molecule has 6 nitrogen and oxygen atoms in total. The van der Waals surface area contributed by atoms with Gasteiger partial charge in [-0.2, -0.15) is 5.10 Å². The number of aliphatic hydroxyl groups is 1. The van der Waals surface area contributed by atoms with Gasteiger partial charge in [0.1, 0.15) is 18.7 Å². The molecule has 96 valence electrons. The molecule has 0 aliphatic carbocycles. The number of rotatable bonds is 6. The van der Waals surface area contributed by atoms with E-state index in [4.69, 9.17) is 0 Å². The third kappa shape index (κ3) is 3.52. The fourth-order valence-corrected chi connectivity index (χ4v) is 1.44. The molecule has 0 bridgehead atoms. The summed E-state index contributed by atoms with van der Waals surface area (Å²) in [5.41, 5.74) is -0.822. The van der Waals surface area contributed by atoms with E-state index in [1.54, 1.807) is 6.92 Å². The summed E-state index contributed by atoms with van der Waals surface area (Å²) in [6, 6.07) is -0.421. The van der Waals surface area contributed by atoms with Crippen LogP contribution in [0.2, 0.25) is 0 Å². The Morgan fingerprint density at radius 3 is 2.65 bits per heavy atom. The van der Waals surface area contributed by atoms with Crippen LogP contribution in [0.15, 0.2) is 12.7 Å². The summed E-state index contributed by atoms with van der Waals surface area (Å²) in [6.07, 6.45) is 4.11. The monoisotopic (exact) mass is 240 g/mol. The molecule has 6 heteroatoms. The zero-order chi connectivity index (χ0) is 12.9. The largest absolute Gasteiger partial charge is 0.388 e. The van der Waals surface area contributed by atoms with E-state index in [1.165, 1.54) is 17.3 Å². The lowest BCUT2D eigenvalue weighted by Crippen LogP contribution is -2.44. The molecule has 0 saturated heterocycles. The summed E-state index contributed by atoms with van der Waals surface area (Å²) in [7, 11) is 0. The fraction of sp³-hybridized carbons (Fsp3) is 0.727. The zero-order valence-electron chi connectivity index (χ0n) is 10.6. The van der Waals surface area contributed by atoms with Crippen molar-refractivity contribution < 1.29 is 9.90 Å². The van der Waals surface area contributed by atoms with Crippen LogP contribution in [0, 0.1) is 0 Å². The third-order valence-electron chi connectivity index (χ3n) is 3.12. The summed E-state index contributed by atoms with van der Waals surface area (Å²) in [5.74, 6) is -0.171. The molecule has 0 spiro atoms. The summed E-state index contributed by atoms with van der Waals surface area (Å²) in [6.45, 7) is 5.80. The van der Waals surface area contributed by atoms with Crippen LogP contribution in [0.4, 0.5) is 0 Å². The lowest BCUT2D eigenvalue weighted by molar-refractivity contribution is -0.125. The minimum Gasteiger partial charge on any atom is -0.388 e. The maximum absolute atomic E-state index is 11.8. The first-order chi connectivity index (χ1) is 8.02. The van der Waals surface area contributed by atoms with Gasteiger partial charge in [-0.25, -0.2) is 9.67 Å². The van der Waals surface area contributed by atoms with Gasteiger partial charge in [-0.05, 0) is 19.8 Å². The molecule has 0 aliphatic heterocycles. The summed E-state index contributed by atoms with van der Waals surface area (Å²) < 4.78 is 1.48. The van der Waals surface area contributed by atoms with E-state index < -0.39 is 11.6 Å². The van der Waals surface area contributed by atoms with Crippen LogP contribution in [-0.2, 0) is 4.79 Å². The predicted molar refractivity (Wildman–Crippen MR) is 63.3 cm³/mol. The maximum atomic E-state index is 11.8. The summed E-state index contributed by atoms with van der Waals surface area (Å²) in [4.78, 5) is 15.6. The molecule has 2 N–H and O–H groups in total. The highest BCUT2D eigenvalue weighted by Crippen LogP contribution is 2.13. The first-order valence-corrected chi connectivity index (χ1v) is 5.86. The molecule has 0 aliphatic rings. The van der Waals surface area contributed by atoms with Crippen LogP contribution >= 0.6 is 0 Å². The standard InChI is InChI=1S/C11H20N4O2/c1-4-11(17,5-2)6-13-10(16)9(3)15-8-12-7-14-15/h7-9,17H,4-6H2,1-3H3,(H,13,16). The molecule has 1 aromatic rings. The summed E-state index contributed by atoms with van der Waals surface area (Å²) in [5, 5.41) is 16.7. The Morgan fingerprint density at radius 2 is 2.18 bits per heavy atom. The van der Waals surface area contributed by atoms with Crippen molar-refractivity contribution in [2.45, 2.75) is 45.3 Å². The van der Waals surface area contributed by atoms with E-state index in [-0.39, 0.29) is 12.5 Å². The van der Waals surface area contributed by atoms with E-state index in [2.05, 4.69) is 15.4 Å². The highest BCUT2D eigenvalue weighted by atomic mass is 16.3. The van der Waals surface area contributed by atoms with Gasteiger partial charge in [-0.15, -0.1) is 0 Å². The molecule has 1 heterocycles. The van der Waals surface area contributed by atoms with E-state index in [0.29, 0.717) is 12.8 Å². The van der Waals surface area contributed by atoms with Crippen LogP contribution in [0.25, 0.3) is 0 Å². The lowest BCUT2D eigenvalue weighted by Gasteiger charge is -2.26. The number of hydrogen-bond acceptors (Lipinski definition) is 4. The highest BCUT2D eigenvalue weighted by Gasteiger charge is 2.24. The first kappa shape index (κ1) is 13.6.